The first-order valence-corrected chi connectivity index (χ1v) is 11.2. The molecule has 5 nitrogen and oxygen atoms in total. The van der Waals surface area contributed by atoms with Gasteiger partial charge < -0.3 is 15.5 Å². The third kappa shape index (κ3) is 9.66. The first-order chi connectivity index (χ1) is 13.7. The minimum atomic E-state index is 0. The highest BCUT2D eigenvalue weighted by Crippen LogP contribution is 2.17. The summed E-state index contributed by atoms with van der Waals surface area (Å²) < 4.78 is 0. The molecule has 0 radical (unpaired) electrons. The van der Waals surface area contributed by atoms with E-state index < -0.39 is 0 Å². The molecule has 1 aliphatic heterocycles. The lowest BCUT2D eigenvalue weighted by Crippen LogP contribution is -2.43. The van der Waals surface area contributed by atoms with Crippen LogP contribution in [0.1, 0.15) is 51.7 Å². The molecular weight excluding hydrogens is 473 g/mol. The Labute approximate surface area is 195 Å². The van der Waals surface area contributed by atoms with Gasteiger partial charge in [-0.3, -0.25) is 9.89 Å². The number of guanidine groups is 1. The number of nitrogens with one attached hydrogen (secondary N) is 2. The molecule has 1 heterocycles. The van der Waals surface area contributed by atoms with Gasteiger partial charge in [-0.25, -0.2) is 0 Å². The molecule has 0 amide bonds. The number of benzene rings is 1. The van der Waals surface area contributed by atoms with Crippen molar-refractivity contribution in [2.45, 2.75) is 59.5 Å². The third-order valence-corrected chi connectivity index (χ3v) is 5.63. The molecule has 0 bridgehead atoms. The molecule has 0 fully saturated rings. The fourth-order valence-electron chi connectivity index (χ4n) is 3.83. The number of nitrogens with zero attached hydrogens (tertiary/aromatic N) is 3. The zero-order chi connectivity index (χ0) is 20.2. The lowest BCUT2D eigenvalue weighted by Gasteiger charge is -2.28. The van der Waals surface area contributed by atoms with Crippen molar-refractivity contribution in [2.24, 2.45) is 4.99 Å². The number of fused-ring (bicyclic) bond motifs is 1. The maximum absolute atomic E-state index is 4.82. The molecule has 0 aliphatic carbocycles. The van der Waals surface area contributed by atoms with Crippen LogP contribution in [0.4, 0.5) is 0 Å². The molecule has 0 aromatic heterocycles. The van der Waals surface area contributed by atoms with Gasteiger partial charge in [0.15, 0.2) is 5.96 Å². The Morgan fingerprint density at radius 3 is 2.59 bits per heavy atom. The maximum atomic E-state index is 4.82. The van der Waals surface area contributed by atoms with Crippen molar-refractivity contribution in [3.05, 3.63) is 35.4 Å². The van der Waals surface area contributed by atoms with E-state index in [0.717, 1.165) is 58.2 Å². The van der Waals surface area contributed by atoms with Crippen LogP contribution in [0.15, 0.2) is 29.3 Å². The molecular formula is C23H42IN5. The summed E-state index contributed by atoms with van der Waals surface area (Å²) in [5.41, 5.74) is 2.99. The Kier molecular flexibility index (Phi) is 13.6. The largest absolute Gasteiger partial charge is 0.357 e. The molecule has 0 spiro atoms. The summed E-state index contributed by atoms with van der Waals surface area (Å²) >= 11 is 0. The van der Waals surface area contributed by atoms with Gasteiger partial charge in [-0.05, 0) is 63.9 Å². The van der Waals surface area contributed by atoms with Gasteiger partial charge in [0.05, 0.1) is 6.54 Å². The molecule has 1 unspecified atom stereocenters. The second kappa shape index (κ2) is 15.0. The van der Waals surface area contributed by atoms with Gasteiger partial charge in [0.2, 0.25) is 0 Å². The summed E-state index contributed by atoms with van der Waals surface area (Å²) in [5, 5.41) is 6.98. The van der Waals surface area contributed by atoms with Crippen LogP contribution < -0.4 is 10.6 Å². The first-order valence-electron chi connectivity index (χ1n) is 11.2. The van der Waals surface area contributed by atoms with Gasteiger partial charge >= 0.3 is 0 Å². The Bertz CT molecular complexity index is 588. The second-order valence-corrected chi connectivity index (χ2v) is 7.77. The van der Waals surface area contributed by atoms with E-state index in [0.29, 0.717) is 6.04 Å². The number of aliphatic imine (C=N–C) groups is 1. The highest BCUT2D eigenvalue weighted by atomic mass is 127. The Balaban J connectivity index is 0.00000420. The van der Waals surface area contributed by atoms with Crippen LogP contribution in [0.25, 0.3) is 0 Å². The second-order valence-electron chi connectivity index (χ2n) is 7.77. The lowest BCUT2D eigenvalue weighted by molar-refractivity contribution is 0.261. The highest BCUT2D eigenvalue weighted by Gasteiger charge is 2.15. The molecule has 2 rings (SSSR count). The Morgan fingerprint density at radius 1 is 1.17 bits per heavy atom. The van der Waals surface area contributed by atoms with Gasteiger partial charge in [-0.1, -0.05) is 38.1 Å². The first kappa shape index (κ1) is 26.2. The normalized spacial score (nSPS) is 15.6. The van der Waals surface area contributed by atoms with Crippen molar-refractivity contribution in [1.82, 2.24) is 20.4 Å². The van der Waals surface area contributed by atoms with Crippen molar-refractivity contribution >= 4 is 29.9 Å². The fourth-order valence-corrected chi connectivity index (χ4v) is 3.83. The number of rotatable bonds is 11. The lowest BCUT2D eigenvalue weighted by atomic mass is 10.00. The molecule has 1 aromatic carbocycles. The molecule has 166 valence electrons. The molecule has 1 aromatic rings. The van der Waals surface area contributed by atoms with E-state index in [1.165, 1.54) is 30.5 Å². The minimum absolute atomic E-state index is 0. The molecule has 29 heavy (non-hydrogen) atoms. The van der Waals surface area contributed by atoms with Crippen molar-refractivity contribution < 1.29 is 0 Å². The van der Waals surface area contributed by atoms with E-state index in [-0.39, 0.29) is 24.0 Å². The summed E-state index contributed by atoms with van der Waals surface area (Å²) in [6.07, 6.45) is 3.55. The molecule has 0 saturated carbocycles. The molecule has 0 saturated heterocycles. The van der Waals surface area contributed by atoms with Gasteiger partial charge in [-0.15, -0.1) is 24.0 Å². The van der Waals surface area contributed by atoms with E-state index in [1.807, 2.05) is 0 Å². The van der Waals surface area contributed by atoms with Crippen molar-refractivity contribution in [1.29, 1.82) is 0 Å². The average molecular weight is 516 g/mol. The molecule has 1 aliphatic rings. The van der Waals surface area contributed by atoms with E-state index >= 15 is 0 Å². The summed E-state index contributed by atoms with van der Waals surface area (Å²) in [6, 6.07) is 9.26. The van der Waals surface area contributed by atoms with E-state index in [4.69, 9.17) is 4.99 Å². The van der Waals surface area contributed by atoms with Gasteiger partial charge in [0.1, 0.15) is 0 Å². The summed E-state index contributed by atoms with van der Waals surface area (Å²) in [5.74, 6) is 0.954. The van der Waals surface area contributed by atoms with Crippen LogP contribution in [0.5, 0.6) is 0 Å². The van der Waals surface area contributed by atoms with Crippen LogP contribution in [-0.2, 0) is 13.0 Å². The quantitative estimate of drug-likeness (QED) is 0.268. The standard InChI is InChI=1S/C23H41N5.HI/c1-5-24-23(26-20(4)11-10-16-27(6-2)7-3)25-15-18-28-17-14-21-12-8-9-13-22(21)19-28;/h8-9,12-13,20H,5-7,10-11,14-19H2,1-4H3,(H2,24,25,26);1H. The third-order valence-electron chi connectivity index (χ3n) is 5.63. The monoisotopic (exact) mass is 515 g/mol. The van der Waals surface area contributed by atoms with Crippen LogP contribution in [-0.4, -0.2) is 67.6 Å². The van der Waals surface area contributed by atoms with Crippen LogP contribution in [0.2, 0.25) is 0 Å². The van der Waals surface area contributed by atoms with Crippen molar-refractivity contribution in [2.75, 3.05) is 45.8 Å². The summed E-state index contributed by atoms with van der Waals surface area (Å²) in [6.45, 7) is 17.3. The Morgan fingerprint density at radius 2 is 1.90 bits per heavy atom. The van der Waals surface area contributed by atoms with Crippen LogP contribution in [0.3, 0.4) is 0 Å². The zero-order valence-electron chi connectivity index (χ0n) is 18.9. The molecule has 2 N–H and O–H groups in total. The smallest absolute Gasteiger partial charge is 0.191 e. The summed E-state index contributed by atoms with van der Waals surface area (Å²) in [4.78, 5) is 9.83. The SMILES string of the molecule is CCNC(=NCCN1CCc2ccccc2C1)NC(C)CCCN(CC)CC.I. The van der Waals surface area contributed by atoms with Crippen molar-refractivity contribution in [3.8, 4) is 0 Å². The summed E-state index contributed by atoms with van der Waals surface area (Å²) in [7, 11) is 0. The predicted molar refractivity (Wildman–Crippen MR) is 136 cm³/mol. The minimum Gasteiger partial charge on any atom is -0.357 e. The van der Waals surface area contributed by atoms with E-state index in [2.05, 4.69) is 72.4 Å². The molecule has 6 heteroatoms. The highest BCUT2D eigenvalue weighted by molar-refractivity contribution is 14.0. The van der Waals surface area contributed by atoms with E-state index in [1.54, 1.807) is 0 Å². The van der Waals surface area contributed by atoms with Gasteiger partial charge in [0.25, 0.3) is 0 Å². The maximum Gasteiger partial charge on any atom is 0.191 e. The van der Waals surface area contributed by atoms with Crippen LogP contribution >= 0.6 is 24.0 Å². The zero-order valence-corrected chi connectivity index (χ0v) is 21.2. The topological polar surface area (TPSA) is 42.9 Å². The van der Waals surface area contributed by atoms with Gasteiger partial charge in [0, 0.05) is 32.2 Å². The fraction of sp³-hybridized carbons (Fsp3) is 0.696. The Hall–Kier alpha value is -0.860. The number of hydrogen-bond acceptors (Lipinski definition) is 3. The number of hydrogen-bond donors (Lipinski definition) is 2. The van der Waals surface area contributed by atoms with Gasteiger partial charge in [-0.2, -0.15) is 0 Å². The molecule has 1 atom stereocenters. The average Bonchev–Trinajstić information content (AvgIpc) is 2.71. The van der Waals surface area contributed by atoms with Crippen molar-refractivity contribution in [3.63, 3.8) is 0 Å². The number of halogens is 1. The van der Waals surface area contributed by atoms with E-state index in [9.17, 15) is 0 Å². The van der Waals surface area contributed by atoms with Crippen LogP contribution in [0, 0.1) is 0 Å². The predicted octanol–water partition coefficient (Wildman–Crippen LogP) is 3.73.